The predicted octanol–water partition coefficient (Wildman–Crippen LogP) is 2.07. The van der Waals surface area contributed by atoms with Gasteiger partial charge in [-0.2, -0.15) is 0 Å². The van der Waals surface area contributed by atoms with Crippen molar-refractivity contribution >= 4 is 34.8 Å². The molecule has 3 N–H and O–H groups in total. The highest BCUT2D eigenvalue weighted by Gasteiger charge is 2.19. The lowest BCUT2D eigenvalue weighted by Crippen LogP contribution is -2.29. The normalized spacial score (nSPS) is 15.0. The second kappa shape index (κ2) is 7.62. The van der Waals surface area contributed by atoms with Gasteiger partial charge in [-0.25, -0.2) is 4.68 Å². The lowest BCUT2D eigenvalue weighted by molar-refractivity contribution is -0.114. The molecule has 1 aliphatic heterocycles. The fourth-order valence-corrected chi connectivity index (χ4v) is 2.91. The van der Waals surface area contributed by atoms with E-state index in [1.54, 1.807) is 29.1 Å². The number of carbonyl (C=O) groups excluding carboxylic acids is 2. The van der Waals surface area contributed by atoms with Crippen LogP contribution in [0.1, 0.15) is 36.3 Å². The summed E-state index contributed by atoms with van der Waals surface area (Å²) in [7, 11) is 0. The van der Waals surface area contributed by atoms with E-state index in [-0.39, 0.29) is 17.6 Å². The number of anilines is 2. The van der Waals surface area contributed by atoms with Gasteiger partial charge in [0.05, 0.1) is 23.6 Å². The summed E-state index contributed by atoms with van der Waals surface area (Å²) in [6.07, 6.45) is 3.55. The van der Waals surface area contributed by atoms with Crippen molar-refractivity contribution in [2.75, 3.05) is 23.7 Å². The zero-order valence-electron chi connectivity index (χ0n) is 13.8. The molecule has 1 aliphatic rings. The highest BCUT2D eigenvalue weighted by atomic mass is 35.5. The zero-order chi connectivity index (χ0) is 17.8. The molecule has 0 radical (unpaired) electrons. The van der Waals surface area contributed by atoms with Crippen LogP contribution in [0.4, 0.5) is 11.4 Å². The van der Waals surface area contributed by atoms with Gasteiger partial charge in [0, 0.05) is 11.9 Å². The molecule has 0 unspecified atom stereocenters. The van der Waals surface area contributed by atoms with Gasteiger partial charge in [0.2, 0.25) is 5.91 Å². The Balaban J connectivity index is 1.75. The summed E-state index contributed by atoms with van der Waals surface area (Å²) in [5, 5.41) is 17.1. The summed E-state index contributed by atoms with van der Waals surface area (Å²) in [5.41, 5.74) is 1.09. The highest BCUT2D eigenvalue weighted by Crippen LogP contribution is 2.26. The second-order valence-corrected chi connectivity index (χ2v) is 6.33. The Labute approximate surface area is 149 Å². The number of hydrogen-bond acceptors (Lipinski definition) is 5. The maximum Gasteiger partial charge on any atom is 0.277 e. The van der Waals surface area contributed by atoms with Gasteiger partial charge in [-0.1, -0.05) is 16.8 Å². The van der Waals surface area contributed by atoms with Crippen LogP contribution in [0.3, 0.4) is 0 Å². The summed E-state index contributed by atoms with van der Waals surface area (Å²) in [4.78, 5) is 23.8. The molecular formula is C16H19ClN6O2. The van der Waals surface area contributed by atoms with E-state index in [1.807, 2.05) is 0 Å². The molecule has 3 rings (SSSR count). The lowest BCUT2D eigenvalue weighted by Gasteiger charge is -2.22. The minimum atomic E-state index is -0.408. The second-order valence-electron chi connectivity index (χ2n) is 5.89. The molecule has 8 nitrogen and oxygen atoms in total. The third-order valence-electron chi connectivity index (χ3n) is 3.97. The highest BCUT2D eigenvalue weighted by molar-refractivity contribution is 6.31. The number of halogens is 1. The van der Waals surface area contributed by atoms with Gasteiger partial charge in [0.25, 0.3) is 5.91 Å². The number of piperidine rings is 1. The predicted molar refractivity (Wildman–Crippen MR) is 94.9 cm³/mol. The van der Waals surface area contributed by atoms with Gasteiger partial charge in [-0.15, -0.1) is 5.10 Å². The lowest BCUT2D eigenvalue weighted by atomic mass is 10.1. The Morgan fingerprint density at radius 2 is 2.00 bits per heavy atom. The summed E-state index contributed by atoms with van der Waals surface area (Å²) in [6, 6.07) is 5.08. The largest absolute Gasteiger partial charge is 0.325 e. The van der Waals surface area contributed by atoms with E-state index >= 15 is 0 Å². The molecular weight excluding hydrogens is 344 g/mol. The Bertz CT molecular complexity index is 785. The number of amides is 2. The number of benzene rings is 1. The first-order valence-corrected chi connectivity index (χ1v) is 8.42. The molecule has 0 spiro atoms. The number of nitrogens with zero attached hydrogens (tertiary/aromatic N) is 3. The molecule has 0 bridgehead atoms. The first-order chi connectivity index (χ1) is 12.0. The summed E-state index contributed by atoms with van der Waals surface area (Å²) < 4.78 is 1.74. The molecule has 1 saturated heterocycles. The fourth-order valence-electron chi connectivity index (χ4n) is 2.74. The first kappa shape index (κ1) is 17.4. The van der Waals surface area contributed by atoms with E-state index < -0.39 is 5.91 Å². The smallest absolute Gasteiger partial charge is 0.277 e. The van der Waals surface area contributed by atoms with E-state index in [4.69, 9.17) is 11.6 Å². The van der Waals surface area contributed by atoms with Crippen LogP contribution in [0.5, 0.6) is 0 Å². The molecule has 2 aromatic rings. The summed E-state index contributed by atoms with van der Waals surface area (Å²) >= 11 is 5.99. The topological polar surface area (TPSA) is 101 Å². The molecule has 9 heteroatoms. The average Bonchev–Trinajstić information content (AvgIpc) is 3.08. The van der Waals surface area contributed by atoms with Gasteiger partial charge in [0.15, 0.2) is 5.69 Å². The van der Waals surface area contributed by atoms with Crippen LogP contribution >= 0.6 is 11.6 Å². The average molecular weight is 363 g/mol. The molecule has 132 valence electrons. The number of rotatable bonds is 4. The minimum absolute atomic E-state index is 0.215. The molecule has 2 amide bonds. The van der Waals surface area contributed by atoms with Crippen LogP contribution < -0.4 is 16.0 Å². The standard InChI is InChI=1S/C16H19ClN6O2/c1-10(24)19-13-3-2-11(17)8-14(13)20-16(25)15-9-23(22-21-15)12-4-6-18-7-5-12/h2-3,8-9,12,18H,4-7H2,1H3,(H,19,24)(H,20,25). The van der Waals surface area contributed by atoms with Gasteiger partial charge < -0.3 is 16.0 Å². The minimum Gasteiger partial charge on any atom is -0.325 e. The van der Waals surface area contributed by atoms with Crippen molar-refractivity contribution in [3.05, 3.63) is 35.1 Å². The fraction of sp³-hybridized carbons (Fsp3) is 0.375. The van der Waals surface area contributed by atoms with Crippen molar-refractivity contribution in [1.82, 2.24) is 20.3 Å². The molecule has 0 atom stereocenters. The van der Waals surface area contributed by atoms with E-state index in [0.29, 0.717) is 16.4 Å². The van der Waals surface area contributed by atoms with Crippen molar-refractivity contribution in [3.8, 4) is 0 Å². The number of aromatic nitrogens is 3. The Morgan fingerprint density at radius 1 is 1.24 bits per heavy atom. The molecule has 1 aromatic carbocycles. The molecule has 1 fully saturated rings. The third-order valence-corrected chi connectivity index (χ3v) is 4.20. The van der Waals surface area contributed by atoms with Gasteiger partial charge in [-0.3, -0.25) is 9.59 Å². The van der Waals surface area contributed by atoms with E-state index in [1.165, 1.54) is 6.92 Å². The monoisotopic (exact) mass is 362 g/mol. The van der Waals surface area contributed by atoms with Crippen molar-refractivity contribution in [3.63, 3.8) is 0 Å². The van der Waals surface area contributed by atoms with Crippen LogP contribution in [-0.4, -0.2) is 39.9 Å². The van der Waals surface area contributed by atoms with Crippen LogP contribution in [0, 0.1) is 0 Å². The maximum absolute atomic E-state index is 12.5. The Kier molecular flexibility index (Phi) is 5.30. The number of carbonyl (C=O) groups is 2. The van der Waals surface area contributed by atoms with Crippen molar-refractivity contribution in [2.24, 2.45) is 0 Å². The van der Waals surface area contributed by atoms with Crippen LogP contribution in [0.2, 0.25) is 5.02 Å². The van der Waals surface area contributed by atoms with E-state index in [0.717, 1.165) is 25.9 Å². The molecule has 0 aliphatic carbocycles. The Morgan fingerprint density at radius 3 is 2.72 bits per heavy atom. The number of hydrogen-bond donors (Lipinski definition) is 3. The van der Waals surface area contributed by atoms with Crippen LogP contribution in [-0.2, 0) is 4.79 Å². The van der Waals surface area contributed by atoms with Gasteiger partial charge >= 0.3 is 0 Å². The quantitative estimate of drug-likeness (QED) is 0.773. The zero-order valence-corrected chi connectivity index (χ0v) is 14.5. The van der Waals surface area contributed by atoms with E-state index in [9.17, 15) is 9.59 Å². The summed E-state index contributed by atoms with van der Waals surface area (Å²) in [5.74, 6) is -0.649. The molecule has 1 aromatic heterocycles. The van der Waals surface area contributed by atoms with Crippen molar-refractivity contribution < 1.29 is 9.59 Å². The van der Waals surface area contributed by atoms with Crippen molar-refractivity contribution in [2.45, 2.75) is 25.8 Å². The van der Waals surface area contributed by atoms with Crippen LogP contribution in [0.25, 0.3) is 0 Å². The van der Waals surface area contributed by atoms with Gasteiger partial charge in [0.1, 0.15) is 0 Å². The summed E-state index contributed by atoms with van der Waals surface area (Å²) in [6.45, 7) is 3.24. The molecule has 25 heavy (non-hydrogen) atoms. The van der Waals surface area contributed by atoms with Gasteiger partial charge in [-0.05, 0) is 44.1 Å². The molecule has 2 heterocycles. The van der Waals surface area contributed by atoms with E-state index in [2.05, 4.69) is 26.3 Å². The SMILES string of the molecule is CC(=O)Nc1ccc(Cl)cc1NC(=O)c1cn(C2CCNCC2)nn1. The maximum atomic E-state index is 12.5. The van der Waals surface area contributed by atoms with Crippen LogP contribution in [0.15, 0.2) is 24.4 Å². The molecule has 0 saturated carbocycles. The van der Waals surface area contributed by atoms with Crippen molar-refractivity contribution in [1.29, 1.82) is 0 Å². The third kappa shape index (κ3) is 4.34. The Hall–Kier alpha value is -2.45. The number of nitrogens with one attached hydrogen (secondary N) is 3. The first-order valence-electron chi connectivity index (χ1n) is 8.04.